The van der Waals surface area contributed by atoms with E-state index in [1.807, 2.05) is 31.2 Å². The minimum Gasteiger partial charge on any atom is -0.484 e. The minimum absolute atomic E-state index is 0.00128. The number of nitrogens with zero attached hydrogens (tertiary/aromatic N) is 3. The first-order chi connectivity index (χ1) is 13.1. The Morgan fingerprint density at radius 3 is 2.93 bits per heavy atom. The van der Waals surface area contributed by atoms with E-state index in [9.17, 15) is 9.59 Å². The van der Waals surface area contributed by atoms with Gasteiger partial charge in [-0.1, -0.05) is 12.1 Å². The maximum absolute atomic E-state index is 12.5. The molecule has 1 unspecified atom stereocenters. The highest BCUT2D eigenvalue weighted by atomic mass is 16.5. The smallest absolute Gasteiger partial charge is 0.345 e. The summed E-state index contributed by atoms with van der Waals surface area (Å²) in [6, 6.07) is 7.69. The fourth-order valence-corrected chi connectivity index (χ4v) is 3.56. The first-order valence-electron chi connectivity index (χ1n) is 9.74. The molecule has 1 aliphatic carbocycles. The molecule has 1 fully saturated rings. The van der Waals surface area contributed by atoms with Crippen molar-refractivity contribution < 1.29 is 9.53 Å². The van der Waals surface area contributed by atoms with Crippen molar-refractivity contribution in [3.8, 4) is 5.75 Å². The molecule has 4 rings (SSSR count). The number of hydrogen-bond acceptors (Lipinski definition) is 4. The molecule has 1 saturated carbocycles. The molecule has 7 heteroatoms. The Hall–Kier alpha value is -2.57. The maximum Gasteiger partial charge on any atom is 0.345 e. The van der Waals surface area contributed by atoms with Crippen LogP contribution in [0.5, 0.6) is 5.75 Å². The van der Waals surface area contributed by atoms with Crippen molar-refractivity contribution in [3.05, 3.63) is 46.1 Å². The van der Waals surface area contributed by atoms with E-state index in [1.165, 1.54) is 12.8 Å². The van der Waals surface area contributed by atoms with Crippen LogP contribution in [0.4, 0.5) is 0 Å². The Morgan fingerprint density at radius 1 is 1.30 bits per heavy atom. The van der Waals surface area contributed by atoms with Gasteiger partial charge in [0.1, 0.15) is 11.6 Å². The van der Waals surface area contributed by atoms with E-state index in [2.05, 4.69) is 10.4 Å². The number of carbonyl (C=O) groups excluding carboxylic acids is 1. The summed E-state index contributed by atoms with van der Waals surface area (Å²) in [6.07, 6.45) is 4.63. The fraction of sp³-hybridized carbons (Fsp3) is 0.550. The largest absolute Gasteiger partial charge is 0.484 e. The highest BCUT2D eigenvalue weighted by Crippen LogP contribution is 2.30. The van der Waals surface area contributed by atoms with Gasteiger partial charge < -0.3 is 10.1 Å². The first kappa shape index (κ1) is 17.8. The van der Waals surface area contributed by atoms with Crippen LogP contribution in [-0.2, 0) is 24.3 Å². The van der Waals surface area contributed by atoms with Gasteiger partial charge in [-0.15, -0.1) is 0 Å². The van der Waals surface area contributed by atoms with Gasteiger partial charge in [0.05, 0.1) is 0 Å². The van der Waals surface area contributed by atoms with Crippen molar-refractivity contribution in [2.75, 3.05) is 6.61 Å². The van der Waals surface area contributed by atoms with Crippen LogP contribution in [0.3, 0.4) is 0 Å². The monoisotopic (exact) mass is 370 g/mol. The number of nitrogens with one attached hydrogen (secondary N) is 1. The molecule has 0 radical (unpaired) electrons. The molecule has 1 aliphatic heterocycles. The van der Waals surface area contributed by atoms with Crippen LogP contribution in [0.1, 0.15) is 37.1 Å². The van der Waals surface area contributed by atoms with Crippen LogP contribution in [0.15, 0.2) is 29.1 Å². The van der Waals surface area contributed by atoms with Crippen molar-refractivity contribution in [1.82, 2.24) is 19.7 Å². The predicted molar refractivity (Wildman–Crippen MR) is 101 cm³/mol. The first-order valence-corrected chi connectivity index (χ1v) is 9.74. The van der Waals surface area contributed by atoms with Gasteiger partial charge in [0, 0.05) is 25.6 Å². The molecule has 144 valence electrons. The van der Waals surface area contributed by atoms with E-state index in [0.29, 0.717) is 24.6 Å². The Kier molecular flexibility index (Phi) is 5.01. The van der Waals surface area contributed by atoms with Crippen molar-refractivity contribution in [1.29, 1.82) is 0 Å². The maximum atomic E-state index is 12.5. The van der Waals surface area contributed by atoms with Crippen LogP contribution in [0, 0.1) is 12.8 Å². The number of carbonyl (C=O) groups is 1. The number of amides is 1. The predicted octanol–water partition coefficient (Wildman–Crippen LogP) is 1.66. The van der Waals surface area contributed by atoms with Gasteiger partial charge >= 0.3 is 5.69 Å². The topological polar surface area (TPSA) is 78.2 Å². The zero-order valence-electron chi connectivity index (χ0n) is 15.7. The molecular formula is C20H26N4O3. The summed E-state index contributed by atoms with van der Waals surface area (Å²) in [5.41, 5.74) is 1.09. The minimum atomic E-state index is -0.132. The van der Waals surface area contributed by atoms with Crippen molar-refractivity contribution in [2.24, 2.45) is 5.92 Å². The molecule has 0 bridgehead atoms. The number of benzene rings is 1. The van der Waals surface area contributed by atoms with E-state index >= 15 is 0 Å². The summed E-state index contributed by atoms with van der Waals surface area (Å²) in [5.74, 6) is 2.03. The number of hydrogen-bond donors (Lipinski definition) is 1. The third kappa shape index (κ3) is 4.40. The molecule has 2 heterocycles. The third-order valence-corrected chi connectivity index (χ3v) is 5.27. The molecule has 1 amide bonds. The average Bonchev–Trinajstić information content (AvgIpc) is 3.43. The molecule has 0 saturated heterocycles. The fourth-order valence-electron chi connectivity index (χ4n) is 3.56. The second-order valence-electron chi connectivity index (χ2n) is 7.67. The van der Waals surface area contributed by atoms with E-state index < -0.39 is 0 Å². The van der Waals surface area contributed by atoms with Gasteiger partial charge in [-0.3, -0.25) is 9.36 Å². The quantitative estimate of drug-likeness (QED) is 0.839. The Balaban J connectivity index is 1.29. The van der Waals surface area contributed by atoms with Crippen molar-refractivity contribution >= 4 is 5.91 Å². The van der Waals surface area contributed by atoms with E-state index in [-0.39, 0.29) is 24.2 Å². The zero-order valence-corrected chi connectivity index (χ0v) is 15.7. The summed E-state index contributed by atoms with van der Waals surface area (Å²) in [4.78, 5) is 24.7. The SMILES string of the molecule is Cc1cccc(OCC(=O)NC2CCc3nn(CC4CC4)c(=O)n3CC2)c1. The lowest BCUT2D eigenvalue weighted by Crippen LogP contribution is -2.38. The zero-order chi connectivity index (χ0) is 18.8. The van der Waals surface area contributed by atoms with Gasteiger partial charge in [0.2, 0.25) is 0 Å². The summed E-state index contributed by atoms with van der Waals surface area (Å²) in [6.45, 7) is 3.33. The third-order valence-electron chi connectivity index (χ3n) is 5.27. The number of aromatic nitrogens is 3. The molecule has 1 aromatic heterocycles. The van der Waals surface area contributed by atoms with Crippen LogP contribution in [0.25, 0.3) is 0 Å². The van der Waals surface area contributed by atoms with Crippen LogP contribution in [-0.4, -0.2) is 32.9 Å². The number of ether oxygens (including phenoxy) is 1. The molecule has 1 aromatic carbocycles. The van der Waals surface area contributed by atoms with E-state index in [0.717, 1.165) is 30.8 Å². The molecule has 27 heavy (non-hydrogen) atoms. The lowest BCUT2D eigenvalue weighted by Gasteiger charge is -2.16. The second kappa shape index (κ2) is 7.58. The summed E-state index contributed by atoms with van der Waals surface area (Å²) >= 11 is 0. The molecule has 1 atom stereocenters. The highest BCUT2D eigenvalue weighted by Gasteiger charge is 2.26. The summed E-state index contributed by atoms with van der Waals surface area (Å²) in [5, 5.41) is 7.55. The van der Waals surface area contributed by atoms with Gasteiger partial charge in [-0.05, 0) is 56.2 Å². The normalized spacial score (nSPS) is 19.2. The molecule has 1 N–H and O–H groups in total. The average molecular weight is 370 g/mol. The van der Waals surface area contributed by atoms with Crippen LogP contribution in [0.2, 0.25) is 0 Å². The lowest BCUT2D eigenvalue weighted by molar-refractivity contribution is -0.123. The van der Waals surface area contributed by atoms with E-state index in [4.69, 9.17) is 4.74 Å². The van der Waals surface area contributed by atoms with Gasteiger partial charge in [-0.2, -0.15) is 5.10 Å². The molecule has 2 aliphatic rings. The Bertz CT molecular complexity index is 882. The highest BCUT2D eigenvalue weighted by molar-refractivity contribution is 5.77. The van der Waals surface area contributed by atoms with E-state index in [1.54, 1.807) is 9.25 Å². The molecular weight excluding hydrogens is 344 g/mol. The standard InChI is InChI=1S/C20H26N4O3/c1-14-3-2-4-17(11-14)27-13-19(25)21-16-7-8-18-22-24(12-15-5-6-15)20(26)23(18)10-9-16/h2-4,11,15-16H,5-10,12-13H2,1H3,(H,21,25). The Labute approximate surface area is 158 Å². The van der Waals surface area contributed by atoms with Crippen LogP contribution >= 0.6 is 0 Å². The van der Waals surface area contributed by atoms with Gasteiger partial charge in [-0.25, -0.2) is 9.48 Å². The molecule has 2 aromatic rings. The number of aryl methyl sites for hydroxylation is 2. The molecule has 0 spiro atoms. The second-order valence-corrected chi connectivity index (χ2v) is 7.67. The van der Waals surface area contributed by atoms with Crippen LogP contribution < -0.4 is 15.7 Å². The number of rotatable bonds is 6. The molecule has 7 nitrogen and oxygen atoms in total. The van der Waals surface area contributed by atoms with Crippen molar-refractivity contribution in [3.63, 3.8) is 0 Å². The lowest BCUT2D eigenvalue weighted by atomic mass is 10.1. The Morgan fingerprint density at radius 2 is 2.15 bits per heavy atom. The number of fused-ring (bicyclic) bond motifs is 1. The van der Waals surface area contributed by atoms with Gasteiger partial charge in [0.25, 0.3) is 5.91 Å². The van der Waals surface area contributed by atoms with Gasteiger partial charge in [0.15, 0.2) is 6.61 Å². The summed E-state index contributed by atoms with van der Waals surface area (Å²) < 4.78 is 8.97. The van der Waals surface area contributed by atoms with Crippen molar-refractivity contribution in [2.45, 2.75) is 58.2 Å². The summed E-state index contributed by atoms with van der Waals surface area (Å²) in [7, 11) is 0.